The first-order chi connectivity index (χ1) is 16.4. The number of carbonyl (C=O) groups is 1. The van der Waals surface area contributed by atoms with Crippen molar-refractivity contribution in [3.8, 4) is 28.4 Å². The van der Waals surface area contributed by atoms with E-state index in [1.807, 2.05) is 6.92 Å². The van der Waals surface area contributed by atoms with Gasteiger partial charge in [0.1, 0.15) is 11.5 Å². The van der Waals surface area contributed by atoms with Crippen LogP contribution in [0.5, 0.6) is 17.2 Å². The maximum absolute atomic E-state index is 14.0. The fourth-order valence-electron chi connectivity index (χ4n) is 3.39. The van der Waals surface area contributed by atoms with Gasteiger partial charge in [0.2, 0.25) is 0 Å². The minimum absolute atomic E-state index is 0.0961. The summed E-state index contributed by atoms with van der Waals surface area (Å²) in [5, 5.41) is 11.3. The fraction of sp³-hybridized carbons (Fsp3) is 0.240. The third-order valence-corrected chi connectivity index (χ3v) is 5.25. The van der Waals surface area contributed by atoms with Crippen LogP contribution in [0.25, 0.3) is 11.1 Å². The molecule has 9 heteroatoms. The molecule has 1 amide bonds. The molecule has 3 rings (SSSR count). The molecule has 0 atom stereocenters. The van der Waals surface area contributed by atoms with Crippen LogP contribution in [0.3, 0.4) is 0 Å². The van der Waals surface area contributed by atoms with E-state index in [0.717, 1.165) is 0 Å². The Morgan fingerprint density at radius 3 is 2.29 bits per heavy atom. The average Bonchev–Trinajstić information content (AvgIpc) is 2.85. The molecule has 0 saturated heterocycles. The van der Waals surface area contributed by atoms with Crippen LogP contribution >= 0.6 is 0 Å². The zero-order valence-corrected chi connectivity index (χ0v) is 19.1. The lowest BCUT2D eigenvalue weighted by molar-refractivity contribution is -0.384. The number of methoxy groups -OCH3 is 2. The molecule has 0 aliphatic heterocycles. The average molecular weight is 468 g/mol. The second kappa shape index (κ2) is 11.1. The summed E-state index contributed by atoms with van der Waals surface area (Å²) in [5.74, 6) is 0.286. The number of halogens is 1. The van der Waals surface area contributed by atoms with Crippen molar-refractivity contribution in [3.63, 3.8) is 0 Å². The second-order valence-corrected chi connectivity index (χ2v) is 7.33. The van der Waals surface area contributed by atoms with E-state index in [0.29, 0.717) is 34.7 Å². The first-order valence-corrected chi connectivity index (χ1v) is 10.5. The van der Waals surface area contributed by atoms with Crippen LogP contribution in [0.1, 0.15) is 12.5 Å². The Morgan fingerprint density at radius 1 is 1.00 bits per heavy atom. The molecular weight excluding hydrogens is 443 g/mol. The SMILES string of the molecule is CCN(Cc1ccc(OC)c(F)c1)C(=O)COc1ccc([N+](=O)[O-])cc1-c1ccc(OC)cc1. The summed E-state index contributed by atoms with van der Waals surface area (Å²) in [6.45, 7) is 2.12. The van der Waals surface area contributed by atoms with Gasteiger partial charge in [0, 0.05) is 30.8 Å². The van der Waals surface area contributed by atoms with Crippen LogP contribution in [-0.4, -0.2) is 43.1 Å². The number of hydrogen-bond acceptors (Lipinski definition) is 6. The van der Waals surface area contributed by atoms with E-state index in [4.69, 9.17) is 14.2 Å². The Balaban J connectivity index is 1.77. The largest absolute Gasteiger partial charge is 0.497 e. The molecule has 0 spiro atoms. The highest BCUT2D eigenvalue weighted by atomic mass is 19.1. The number of nitrogens with zero attached hydrogens (tertiary/aromatic N) is 2. The van der Waals surface area contributed by atoms with Crippen molar-refractivity contribution in [2.45, 2.75) is 13.5 Å². The molecular formula is C25H25FN2O6. The Kier molecular flexibility index (Phi) is 8.02. The Labute approximate surface area is 196 Å². The third kappa shape index (κ3) is 5.80. The molecule has 0 fully saturated rings. The lowest BCUT2D eigenvalue weighted by Crippen LogP contribution is -2.34. The highest BCUT2D eigenvalue weighted by Crippen LogP contribution is 2.34. The number of likely N-dealkylation sites (N-methyl/N-ethyl adjacent to an activating group) is 1. The lowest BCUT2D eigenvalue weighted by atomic mass is 10.0. The van der Waals surface area contributed by atoms with E-state index in [-0.39, 0.29) is 30.5 Å². The van der Waals surface area contributed by atoms with Gasteiger partial charge in [-0.25, -0.2) is 4.39 Å². The molecule has 0 radical (unpaired) electrons. The molecule has 0 unspecified atom stereocenters. The van der Waals surface area contributed by atoms with Gasteiger partial charge in [-0.05, 0) is 48.4 Å². The predicted molar refractivity (Wildman–Crippen MR) is 125 cm³/mol. The highest BCUT2D eigenvalue weighted by molar-refractivity contribution is 5.79. The standard InChI is InChI=1S/C25H25FN2O6/c1-4-27(15-17-5-11-24(33-3)22(26)13-17)25(29)16-34-23-12-8-19(28(30)31)14-21(23)18-6-9-20(32-2)10-7-18/h5-14H,4,15-16H2,1-3H3. The Hall–Kier alpha value is -4.14. The smallest absolute Gasteiger partial charge is 0.270 e. The van der Waals surface area contributed by atoms with Crippen molar-refractivity contribution in [2.24, 2.45) is 0 Å². The Morgan fingerprint density at radius 2 is 1.71 bits per heavy atom. The van der Waals surface area contributed by atoms with Crippen LogP contribution in [0.4, 0.5) is 10.1 Å². The van der Waals surface area contributed by atoms with Crippen molar-refractivity contribution < 1.29 is 28.3 Å². The molecule has 0 saturated carbocycles. The molecule has 0 bridgehead atoms. The van der Waals surface area contributed by atoms with E-state index in [1.54, 1.807) is 37.4 Å². The summed E-state index contributed by atoms with van der Waals surface area (Å²) < 4.78 is 29.9. The number of amides is 1. The number of nitro groups is 1. The number of rotatable bonds is 10. The lowest BCUT2D eigenvalue weighted by Gasteiger charge is -2.22. The summed E-state index contributed by atoms with van der Waals surface area (Å²) in [6.07, 6.45) is 0. The van der Waals surface area contributed by atoms with Crippen molar-refractivity contribution in [2.75, 3.05) is 27.4 Å². The zero-order valence-electron chi connectivity index (χ0n) is 19.1. The van der Waals surface area contributed by atoms with Gasteiger partial charge >= 0.3 is 0 Å². The first-order valence-electron chi connectivity index (χ1n) is 10.5. The van der Waals surface area contributed by atoms with Crippen LogP contribution in [0, 0.1) is 15.9 Å². The molecule has 3 aromatic carbocycles. The van der Waals surface area contributed by atoms with Gasteiger partial charge < -0.3 is 19.1 Å². The van der Waals surface area contributed by atoms with Crippen LogP contribution in [-0.2, 0) is 11.3 Å². The number of ether oxygens (including phenoxy) is 3. The highest BCUT2D eigenvalue weighted by Gasteiger charge is 2.18. The van der Waals surface area contributed by atoms with E-state index >= 15 is 0 Å². The normalized spacial score (nSPS) is 10.5. The van der Waals surface area contributed by atoms with Gasteiger partial charge in [0.25, 0.3) is 11.6 Å². The van der Waals surface area contributed by atoms with Gasteiger partial charge in [0.05, 0.1) is 19.1 Å². The topological polar surface area (TPSA) is 91.1 Å². The predicted octanol–water partition coefficient (Wildman–Crippen LogP) is 4.85. The summed E-state index contributed by atoms with van der Waals surface area (Å²) in [4.78, 5) is 25.1. The fourth-order valence-corrected chi connectivity index (χ4v) is 3.39. The first kappa shape index (κ1) is 24.5. The number of non-ortho nitro benzene ring substituents is 1. The number of carbonyl (C=O) groups excluding carboxylic acids is 1. The summed E-state index contributed by atoms with van der Waals surface area (Å²) in [7, 11) is 2.93. The molecule has 0 aliphatic carbocycles. The van der Waals surface area contributed by atoms with Crippen LogP contribution < -0.4 is 14.2 Å². The molecule has 3 aromatic rings. The summed E-state index contributed by atoms with van der Waals surface area (Å²) >= 11 is 0. The molecule has 0 aliphatic rings. The summed E-state index contributed by atoms with van der Waals surface area (Å²) in [5.41, 5.74) is 1.67. The molecule has 34 heavy (non-hydrogen) atoms. The zero-order chi connectivity index (χ0) is 24.7. The molecule has 8 nitrogen and oxygen atoms in total. The van der Waals surface area contributed by atoms with Crippen molar-refractivity contribution >= 4 is 11.6 Å². The third-order valence-electron chi connectivity index (χ3n) is 5.25. The van der Waals surface area contributed by atoms with Gasteiger partial charge in [-0.15, -0.1) is 0 Å². The molecule has 0 heterocycles. The van der Waals surface area contributed by atoms with Crippen molar-refractivity contribution in [3.05, 3.63) is 82.2 Å². The minimum Gasteiger partial charge on any atom is -0.497 e. The maximum atomic E-state index is 14.0. The van der Waals surface area contributed by atoms with E-state index in [2.05, 4.69) is 0 Å². The van der Waals surface area contributed by atoms with Gasteiger partial charge in [-0.1, -0.05) is 18.2 Å². The van der Waals surface area contributed by atoms with Crippen molar-refractivity contribution in [1.82, 2.24) is 4.90 Å². The van der Waals surface area contributed by atoms with Crippen LogP contribution in [0.2, 0.25) is 0 Å². The van der Waals surface area contributed by atoms with Gasteiger partial charge in [-0.2, -0.15) is 0 Å². The number of benzene rings is 3. The monoisotopic (exact) mass is 468 g/mol. The number of hydrogen-bond donors (Lipinski definition) is 0. The van der Waals surface area contributed by atoms with Crippen LogP contribution in [0.15, 0.2) is 60.7 Å². The number of nitro benzene ring substituents is 1. The molecule has 0 N–H and O–H groups in total. The Bertz CT molecular complexity index is 1170. The summed E-state index contributed by atoms with van der Waals surface area (Å²) in [6, 6.07) is 15.7. The van der Waals surface area contributed by atoms with Gasteiger partial charge in [0.15, 0.2) is 18.2 Å². The van der Waals surface area contributed by atoms with E-state index in [9.17, 15) is 19.3 Å². The minimum atomic E-state index is -0.505. The quantitative estimate of drug-likeness (QED) is 0.312. The van der Waals surface area contributed by atoms with E-state index in [1.165, 1.54) is 42.3 Å². The molecule has 0 aromatic heterocycles. The molecule has 178 valence electrons. The van der Waals surface area contributed by atoms with Gasteiger partial charge in [-0.3, -0.25) is 14.9 Å². The van der Waals surface area contributed by atoms with Crippen molar-refractivity contribution in [1.29, 1.82) is 0 Å². The maximum Gasteiger partial charge on any atom is 0.270 e. The van der Waals surface area contributed by atoms with E-state index < -0.39 is 10.7 Å². The second-order valence-electron chi connectivity index (χ2n) is 7.33.